The molecule has 0 spiro atoms. The maximum atomic E-state index is 13.0. The van der Waals surface area contributed by atoms with E-state index in [1.807, 2.05) is 31.2 Å². The lowest BCUT2D eigenvalue weighted by atomic mass is 9.94. The number of rotatable bonds is 8. The van der Waals surface area contributed by atoms with E-state index in [0.717, 1.165) is 12.8 Å². The quantitative estimate of drug-likeness (QED) is 0.430. The topological polar surface area (TPSA) is 99.8 Å². The molecular weight excluding hydrogens is 444 g/mol. The third-order valence-corrected chi connectivity index (χ3v) is 5.73. The monoisotopic (exact) mass is 478 g/mol. The Bertz CT molecular complexity index is 1090. The van der Waals surface area contributed by atoms with Crippen molar-refractivity contribution in [3.8, 4) is 0 Å². The summed E-state index contributed by atoms with van der Waals surface area (Å²) in [7, 11) is 0. The first-order chi connectivity index (χ1) is 16.7. The molecule has 2 aromatic rings. The number of ether oxygens (including phenoxy) is 1. The fourth-order valence-electron chi connectivity index (χ4n) is 3.94. The number of esters is 1. The first-order valence-electron chi connectivity index (χ1n) is 12.0. The highest BCUT2D eigenvalue weighted by atomic mass is 16.5. The number of hydrogen-bond acceptors (Lipinski definition) is 4. The highest BCUT2D eigenvalue weighted by Gasteiger charge is 2.36. The first-order valence-corrected chi connectivity index (χ1v) is 12.0. The standard InChI is InChI=1S/C27H34N4O4/c1-6-16-31-18(5)23(25(32)35-17(3)4)24(30-27(31)34)20-10-14-22(15-11-20)29-26(33)28-21-12-8-19(7-2)9-13-21/h8-15,17,24H,6-7,16H2,1-5H3,(H,30,34)(H2,28,29,33). The molecule has 0 aromatic heterocycles. The van der Waals surface area contributed by atoms with Crippen LogP contribution in [0.2, 0.25) is 0 Å². The summed E-state index contributed by atoms with van der Waals surface area (Å²) < 4.78 is 5.48. The van der Waals surface area contributed by atoms with Gasteiger partial charge in [0.2, 0.25) is 0 Å². The molecule has 0 fully saturated rings. The van der Waals surface area contributed by atoms with E-state index in [4.69, 9.17) is 4.74 Å². The van der Waals surface area contributed by atoms with E-state index in [0.29, 0.717) is 34.8 Å². The van der Waals surface area contributed by atoms with Crippen LogP contribution in [0.3, 0.4) is 0 Å². The van der Waals surface area contributed by atoms with Crippen LogP contribution in [-0.4, -0.2) is 35.6 Å². The molecule has 1 atom stereocenters. The molecule has 0 radical (unpaired) electrons. The summed E-state index contributed by atoms with van der Waals surface area (Å²) in [6.45, 7) is 9.90. The molecule has 186 valence electrons. The third kappa shape index (κ3) is 6.41. The summed E-state index contributed by atoms with van der Waals surface area (Å²) in [6, 6.07) is 13.4. The molecule has 0 bridgehead atoms. The fraction of sp³-hybridized carbons (Fsp3) is 0.370. The second kappa shape index (κ2) is 11.6. The van der Waals surface area contributed by atoms with Crippen molar-refractivity contribution in [2.24, 2.45) is 0 Å². The van der Waals surface area contributed by atoms with E-state index < -0.39 is 12.0 Å². The molecule has 2 aromatic carbocycles. The highest BCUT2D eigenvalue weighted by molar-refractivity contribution is 6.00. The van der Waals surface area contributed by atoms with E-state index in [1.165, 1.54) is 5.56 Å². The molecule has 1 aliphatic rings. The van der Waals surface area contributed by atoms with Crippen LogP contribution in [0.1, 0.15) is 58.2 Å². The van der Waals surface area contributed by atoms with Gasteiger partial charge in [-0.05, 0) is 69.0 Å². The minimum atomic E-state index is -0.651. The molecule has 1 aliphatic heterocycles. The molecule has 8 nitrogen and oxygen atoms in total. The predicted molar refractivity (Wildman–Crippen MR) is 137 cm³/mol. The normalized spacial score (nSPS) is 15.7. The van der Waals surface area contributed by atoms with Gasteiger partial charge in [0.25, 0.3) is 0 Å². The van der Waals surface area contributed by atoms with E-state index in [-0.39, 0.29) is 18.2 Å². The number of carbonyl (C=O) groups is 3. The average molecular weight is 479 g/mol. The lowest BCUT2D eigenvalue weighted by molar-refractivity contribution is -0.143. The van der Waals surface area contributed by atoms with Crippen LogP contribution in [0.15, 0.2) is 59.8 Å². The van der Waals surface area contributed by atoms with Crippen LogP contribution in [0.4, 0.5) is 21.0 Å². The van der Waals surface area contributed by atoms with Gasteiger partial charge in [-0.3, -0.25) is 4.90 Å². The van der Waals surface area contributed by atoms with Gasteiger partial charge in [0.05, 0.1) is 17.7 Å². The van der Waals surface area contributed by atoms with Gasteiger partial charge in [-0.25, -0.2) is 14.4 Å². The fourth-order valence-corrected chi connectivity index (χ4v) is 3.94. The molecular formula is C27H34N4O4. The summed E-state index contributed by atoms with van der Waals surface area (Å²) in [5.74, 6) is -0.459. The Hall–Kier alpha value is -3.81. The number of nitrogens with zero attached hydrogens (tertiary/aromatic N) is 1. The number of allylic oxidation sites excluding steroid dienone is 1. The number of nitrogens with one attached hydrogen (secondary N) is 3. The van der Waals surface area contributed by atoms with E-state index in [1.54, 1.807) is 49.9 Å². The summed E-state index contributed by atoms with van der Waals surface area (Å²) in [4.78, 5) is 39.7. The Kier molecular flexibility index (Phi) is 8.52. The van der Waals surface area contributed by atoms with Gasteiger partial charge in [-0.1, -0.05) is 38.1 Å². The summed E-state index contributed by atoms with van der Waals surface area (Å²) in [6.07, 6.45) is 1.40. The first kappa shape index (κ1) is 25.8. The Morgan fingerprint density at radius 2 is 1.57 bits per heavy atom. The Balaban J connectivity index is 1.78. The minimum Gasteiger partial charge on any atom is -0.459 e. The van der Waals surface area contributed by atoms with Gasteiger partial charge in [0, 0.05) is 23.6 Å². The zero-order chi connectivity index (χ0) is 25.5. The summed E-state index contributed by atoms with van der Waals surface area (Å²) in [5.41, 5.74) is 4.18. The van der Waals surface area contributed by atoms with Crippen LogP contribution in [-0.2, 0) is 16.0 Å². The van der Waals surface area contributed by atoms with Crippen molar-refractivity contribution >= 4 is 29.4 Å². The van der Waals surface area contributed by atoms with Gasteiger partial charge in [0.1, 0.15) is 0 Å². The minimum absolute atomic E-state index is 0.258. The number of benzene rings is 2. The number of amides is 4. The molecule has 1 heterocycles. The maximum absolute atomic E-state index is 13.0. The van der Waals surface area contributed by atoms with Gasteiger partial charge in [0.15, 0.2) is 0 Å². The second-order valence-electron chi connectivity index (χ2n) is 8.74. The van der Waals surface area contributed by atoms with Gasteiger partial charge in [-0.2, -0.15) is 0 Å². The van der Waals surface area contributed by atoms with Crippen molar-refractivity contribution in [2.45, 2.75) is 59.6 Å². The molecule has 3 N–H and O–H groups in total. The van der Waals surface area contributed by atoms with E-state index >= 15 is 0 Å². The number of carbonyl (C=O) groups excluding carboxylic acids is 3. The van der Waals surface area contributed by atoms with Crippen molar-refractivity contribution in [3.05, 3.63) is 70.9 Å². The predicted octanol–water partition coefficient (Wildman–Crippen LogP) is 5.59. The van der Waals surface area contributed by atoms with Gasteiger partial charge in [-0.15, -0.1) is 0 Å². The Labute approximate surface area is 206 Å². The van der Waals surface area contributed by atoms with Crippen molar-refractivity contribution in [2.75, 3.05) is 17.2 Å². The lowest BCUT2D eigenvalue weighted by Crippen LogP contribution is -2.48. The largest absolute Gasteiger partial charge is 0.459 e. The molecule has 3 rings (SSSR count). The van der Waals surface area contributed by atoms with Crippen molar-refractivity contribution < 1.29 is 19.1 Å². The SMILES string of the molecule is CCCN1C(=O)NC(c2ccc(NC(=O)Nc3ccc(CC)cc3)cc2)C(C(=O)OC(C)C)=C1C. The lowest BCUT2D eigenvalue weighted by Gasteiger charge is -2.35. The van der Waals surface area contributed by atoms with Crippen molar-refractivity contribution in [3.63, 3.8) is 0 Å². The third-order valence-electron chi connectivity index (χ3n) is 5.73. The molecule has 8 heteroatoms. The van der Waals surface area contributed by atoms with Crippen LogP contribution in [0, 0.1) is 0 Å². The Morgan fingerprint density at radius 1 is 1.00 bits per heavy atom. The van der Waals surface area contributed by atoms with Crippen LogP contribution >= 0.6 is 0 Å². The van der Waals surface area contributed by atoms with Crippen LogP contribution in [0.5, 0.6) is 0 Å². The number of urea groups is 2. The number of aryl methyl sites for hydroxylation is 1. The molecule has 1 unspecified atom stereocenters. The number of hydrogen-bond donors (Lipinski definition) is 3. The van der Waals surface area contributed by atoms with Crippen LogP contribution in [0.25, 0.3) is 0 Å². The molecule has 0 saturated carbocycles. The van der Waals surface area contributed by atoms with Crippen LogP contribution < -0.4 is 16.0 Å². The second-order valence-corrected chi connectivity index (χ2v) is 8.74. The molecule has 0 aliphatic carbocycles. The van der Waals surface area contributed by atoms with Crippen molar-refractivity contribution in [1.82, 2.24) is 10.2 Å². The zero-order valence-corrected chi connectivity index (χ0v) is 21.0. The van der Waals surface area contributed by atoms with Gasteiger partial charge >= 0.3 is 18.0 Å². The van der Waals surface area contributed by atoms with Crippen molar-refractivity contribution in [1.29, 1.82) is 0 Å². The average Bonchev–Trinajstić information content (AvgIpc) is 2.81. The molecule has 0 saturated heterocycles. The molecule has 35 heavy (non-hydrogen) atoms. The Morgan fingerprint density at radius 3 is 2.09 bits per heavy atom. The summed E-state index contributed by atoms with van der Waals surface area (Å²) in [5, 5.41) is 8.54. The molecule has 4 amide bonds. The van der Waals surface area contributed by atoms with E-state index in [9.17, 15) is 14.4 Å². The number of anilines is 2. The smallest absolute Gasteiger partial charge is 0.338 e. The summed E-state index contributed by atoms with van der Waals surface area (Å²) >= 11 is 0. The zero-order valence-electron chi connectivity index (χ0n) is 21.0. The highest BCUT2D eigenvalue weighted by Crippen LogP contribution is 2.32. The van der Waals surface area contributed by atoms with E-state index in [2.05, 4.69) is 22.9 Å². The maximum Gasteiger partial charge on any atom is 0.338 e. The van der Waals surface area contributed by atoms with Gasteiger partial charge < -0.3 is 20.7 Å².